The van der Waals surface area contributed by atoms with Gasteiger partial charge in [0.15, 0.2) is 0 Å². The van der Waals surface area contributed by atoms with Crippen molar-refractivity contribution in [3.05, 3.63) is 14.6 Å². The Balaban J connectivity index is 2.36. The van der Waals surface area contributed by atoms with Gasteiger partial charge < -0.3 is 10.2 Å². The Kier molecular flexibility index (Phi) is 5.52. The SMILES string of the molecule is CCc1c(NCCCN(C)CC)c(=S)c1=S. The molecule has 1 rings (SSSR count). The van der Waals surface area contributed by atoms with Gasteiger partial charge in [-0.3, -0.25) is 0 Å². The van der Waals surface area contributed by atoms with Crippen molar-refractivity contribution in [3.8, 4) is 0 Å². The number of nitrogens with one attached hydrogen (secondary N) is 1. The summed E-state index contributed by atoms with van der Waals surface area (Å²) in [5.74, 6) is 0. The van der Waals surface area contributed by atoms with Gasteiger partial charge in [0, 0.05) is 6.54 Å². The van der Waals surface area contributed by atoms with Crippen molar-refractivity contribution in [1.29, 1.82) is 0 Å². The molecule has 0 aliphatic heterocycles. The molecule has 0 heterocycles. The normalized spacial score (nSPS) is 11.2. The summed E-state index contributed by atoms with van der Waals surface area (Å²) in [7, 11) is 2.14. The van der Waals surface area contributed by atoms with E-state index in [1.807, 2.05) is 0 Å². The van der Waals surface area contributed by atoms with Gasteiger partial charge in [-0.25, -0.2) is 0 Å². The summed E-state index contributed by atoms with van der Waals surface area (Å²) < 4.78 is 1.75. The van der Waals surface area contributed by atoms with Gasteiger partial charge in [-0.05, 0) is 38.5 Å². The van der Waals surface area contributed by atoms with E-state index in [0.717, 1.165) is 47.2 Å². The molecule has 0 unspecified atom stereocenters. The van der Waals surface area contributed by atoms with Crippen molar-refractivity contribution in [2.45, 2.75) is 26.7 Å². The zero-order valence-corrected chi connectivity index (χ0v) is 11.9. The van der Waals surface area contributed by atoms with E-state index in [0.29, 0.717) is 0 Å². The Hall–Kier alpha value is -0.320. The van der Waals surface area contributed by atoms with Gasteiger partial charge >= 0.3 is 0 Å². The zero-order chi connectivity index (χ0) is 12.1. The maximum atomic E-state index is 5.22. The molecular formula is C12H20N2S2. The standard InChI is InChI=1S/C12H20N2S2/c1-4-9-10(12(16)11(9)15)13-7-6-8-14(3)5-2/h13H,4-8H2,1-3H3. The van der Waals surface area contributed by atoms with Crippen molar-refractivity contribution in [2.24, 2.45) is 0 Å². The fourth-order valence-corrected chi connectivity index (χ4v) is 2.35. The molecule has 0 aromatic heterocycles. The van der Waals surface area contributed by atoms with Crippen LogP contribution in [-0.2, 0) is 6.42 Å². The van der Waals surface area contributed by atoms with Crippen molar-refractivity contribution >= 4 is 30.1 Å². The van der Waals surface area contributed by atoms with Gasteiger partial charge in [0.05, 0.1) is 14.7 Å². The highest BCUT2D eigenvalue weighted by Crippen LogP contribution is 2.26. The minimum Gasteiger partial charge on any atom is -0.384 e. The molecule has 0 fully saturated rings. The molecule has 2 nitrogen and oxygen atoms in total. The largest absolute Gasteiger partial charge is 0.384 e. The summed E-state index contributed by atoms with van der Waals surface area (Å²) in [5.41, 5.74) is 2.37. The lowest BCUT2D eigenvalue weighted by Crippen LogP contribution is -2.21. The van der Waals surface area contributed by atoms with Crippen molar-refractivity contribution in [1.82, 2.24) is 4.90 Å². The maximum Gasteiger partial charge on any atom is 0.0796 e. The van der Waals surface area contributed by atoms with Crippen LogP contribution >= 0.6 is 24.4 Å². The molecule has 0 bridgehead atoms. The van der Waals surface area contributed by atoms with Crippen LogP contribution in [0.3, 0.4) is 0 Å². The van der Waals surface area contributed by atoms with Crippen molar-refractivity contribution in [2.75, 3.05) is 32.0 Å². The van der Waals surface area contributed by atoms with E-state index in [1.165, 1.54) is 5.56 Å². The van der Waals surface area contributed by atoms with Gasteiger partial charge in [0.2, 0.25) is 0 Å². The smallest absolute Gasteiger partial charge is 0.0796 e. The Morgan fingerprint density at radius 1 is 1.19 bits per heavy atom. The average molecular weight is 256 g/mol. The van der Waals surface area contributed by atoms with Gasteiger partial charge in [0.25, 0.3) is 0 Å². The van der Waals surface area contributed by atoms with Crippen LogP contribution in [0.4, 0.5) is 5.69 Å². The fourth-order valence-electron chi connectivity index (χ4n) is 1.68. The van der Waals surface area contributed by atoms with Crippen LogP contribution in [0.25, 0.3) is 0 Å². The Morgan fingerprint density at radius 3 is 2.44 bits per heavy atom. The average Bonchev–Trinajstić information content (AvgIpc) is 2.31. The Bertz CT molecular complexity index is 405. The maximum absolute atomic E-state index is 5.22. The van der Waals surface area contributed by atoms with Crippen molar-refractivity contribution < 1.29 is 0 Å². The molecule has 4 heteroatoms. The minimum atomic E-state index is 0.857. The molecule has 0 spiro atoms. The quantitative estimate of drug-likeness (QED) is 0.594. The number of anilines is 1. The summed E-state index contributed by atoms with van der Waals surface area (Å²) in [6.45, 7) is 7.49. The first-order chi connectivity index (χ1) is 7.61. The summed E-state index contributed by atoms with van der Waals surface area (Å²) in [4.78, 5) is 2.31. The van der Waals surface area contributed by atoms with Crippen LogP contribution in [-0.4, -0.2) is 31.6 Å². The van der Waals surface area contributed by atoms with Gasteiger partial charge in [0.1, 0.15) is 0 Å². The lowest BCUT2D eigenvalue weighted by molar-refractivity contribution is 0.351. The van der Waals surface area contributed by atoms with E-state index in [-0.39, 0.29) is 0 Å². The second-order valence-corrected chi connectivity index (χ2v) is 4.86. The lowest BCUT2D eigenvalue weighted by atomic mass is 10.1. The predicted molar refractivity (Wildman–Crippen MR) is 76.1 cm³/mol. The van der Waals surface area contributed by atoms with E-state index >= 15 is 0 Å². The molecule has 0 atom stereocenters. The molecule has 0 aliphatic rings. The van der Waals surface area contributed by atoms with E-state index in [2.05, 4.69) is 31.1 Å². The van der Waals surface area contributed by atoms with Crippen LogP contribution in [0, 0.1) is 9.02 Å². The zero-order valence-electron chi connectivity index (χ0n) is 10.3. The number of rotatable bonds is 7. The van der Waals surface area contributed by atoms with Crippen LogP contribution < -0.4 is 5.32 Å². The highest BCUT2D eigenvalue weighted by Gasteiger charge is 2.11. The van der Waals surface area contributed by atoms with Crippen LogP contribution in [0.1, 0.15) is 25.8 Å². The molecular weight excluding hydrogens is 236 g/mol. The van der Waals surface area contributed by atoms with E-state index in [9.17, 15) is 0 Å². The molecule has 0 aliphatic carbocycles. The highest BCUT2D eigenvalue weighted by molar-refractivity contribution is 7.74. The number of nitrogens with zero attached hydrogens (tertiary/aromatic N) is 1. The summed E-state index contributed by atoms with van der Waals surface area (Å²) in [6, 6.07) is 0. The molecule has 0 saturated heterocycles. The first-order valence-electron chi connectivity index (χ1n) is 5.86. The highest BCUT2D eigenvalue weighted by atomic mass is 32.1. The molecule has 16 heavy (non-hydrogen) atoms. The van der Waals surface area contributed by atoms with Gasteiger partial charge in [-0.1, -0.05) is 38.3 Å². The molecule has 0 amide bonds. The van der Waals surface area contributed by atoms with Crippen LogP contribution in [0.5, 0.6) is 0 Å². The monoisotopic (exact) mass is 256 g/mol. The summed E-state index contributed by atoms with van der Waals surface area (Å²) in [5, 5.41) is 3.40. The molecule has 1 aromatic carbocycles. The molecule has 1 aromatic rings. The van der Waals surface area contributed by atoms with E-state index < -0.39 is 0 Å². The minimum absolute atomic E-state index is 0.857. The molecule has 0 radical (unpaired) electrons. The summed E-state index contributed by atoms with van der Waals surface area (Å²) >= 11 is 10.4. The number of hydrogen-bond acceptors (Lipinski definition) is 4. The molecule has 90 valence electrons. The molecule has 0 saturated carbocycles. The van der Waals surface area contributed by atoms with Crippen molar-refractivity contribution in [3.63, 3.8) is 0 Å². The topological polar surface area (TPSA) is 15.3 Å². The van der Waals surface area contributed by atoms with E-state index in [1.54, 1.807) is 0 Å². The Labute approximate surface area is 108 Å². The summed E-state index contributed by atoms with van der Waals surface area (Å²) in [6.07, 6.45) is 2.12. The third-order valence-corrected chi connectivity index (χ3v) is 3.91. The molecule has 1 N–H and O–H groups in total. The first-order valence-corrected chi connectivity index (χ1v) is 6.68. The lowest BCUT2D eigenvalue weighted by Gasteiger charge is -2.17. The fraction of sp³-hybridized carbons (Fsp3) is 0.667. The van der Waals surface area contributed by atoms with E-state index in [4.69, 9.17) is 24.4 Å². The third-order valence-electron chi connectivity index (χ3n) is 2.92. The van der Waals surface area contributed by atoms with Gasteiger partial charge in [-0.15, -0.1) is 0 Å². The van der Waals surface area contributed by atoms with Crippen LogP contribution in [0.2, 0.25) is 0 Å². The second kappa shape index (κ2) is 6.42. The second-order valence-electron chi connectivity index (χ2n) is 4.04. The third kappa shape index (κ3) is 3.09. The van der Waals surface area contributed by atoms with Crippen LogP contribution in [0.15, 0.2) is 0 Å². The first kappa shape index (κ1) is 13.7. The Morgan fingerprint density at radius 2 is 1.88 bits per heavy atom. The predicted octanol–water partition coefficient (Wildman–Crippen LogP) is 3.34. The number of hydrogen-bond donors (Lipinski definition) is 1. The van der Waals surface area contributed by atoms with Gasteiger partial charge in [-0.2, -0.15) is 0 Å².